The number of hydrogen-bond acceptors (Lipinski definition) is 2. The van der Waals surface area contributed by atoms with Gasteiger partial charge in [-0.15, -0.1) is 0 Å². The maximum absolute atomic E-state index is 12.5. The van der Waals surface area contributed by atoms with Gasteiger partial charge in [0.15, 0.2) is 0 Å². The quantitative estimate of drug-likeness (QED) is 0.834. The Kier molecular flexibility index (Phi) is 5.39. The average Bonchev–Trinajstić information content (AvgIpc) is 2.68. The first-order valence-corrected chi connectivity index (χ1v) is 7.23. The van der Waals surface area contributed by atoms with Crippen LogP contribution < -0.4 is 0 Å². The van der Waals surface area contributed by atoms with Crippen molar-refractivity contribution in [2.75, 3.05) is 7.05 Å². The highest BCUT2D eigenvalue weighted by Gasteiger charge is 2.42. The standard InChI is InChI=1S/C15H27NO3/c1-9(2)6-11(4)16(5)14(17)12-7-10(3)8-13(12)15(18)19/h9-13H,6-8H2,1-5H3,(H,18,19)/t10?,11?,12-,13+/m0/s1. The summed E-state index contributed by atoms with van der Waals surface area (Å²) in [6.45, 7) is 8.33. The molecule has 1 saturated carbocycles. The molecule has 0 aromatic carbocycles. The first-order valence-electron chi connectivity index (χ1n) is 7.23. The summed E-state index contributed by atoms with van der Waals surface area (Å²) >= 11 is 0. The summed E-state index contributed by atoms with van der Waals surface area (Å²) < 4.78 is 0. The third kappa shape index (κ3) is 3.95. The van der Waals surface area contributed by atoms with Crippen LogP contribution in [0, 0.1) is 23.7 Å². The molecule has 1 rings (SSSR count). The molecule has 1 N–H and O–H groups in total. The van der Waals surface area contributed by atoms with Gasteiger partial charge >= 0.3 is 5.97 Å². The van der Waals surface area contributed by atoms with Crippen molar-refractivity contribution in [1.29, 1.82) is 0 Å². The molecular weight excluding hydrogens is 242 g/mol. The Morgan fingerprint density at radius 3 is 2.21 bits per heavy atom. The number of hydrogen-bond donors (Lipinski definition) is 1. The van der Waals surface area contributed by atoms with Gasteiger partial charge in [-0.05, 0) is 38.0 Å². The molecule has 0 aromatic heterocycles. The number of amides is 1. The van der Waals surface area contributed by atoms with Crippen LogP contribution in [0.2, 0.25) is 0 Å². The monoisotopic (exact) mass is 269 g/mol. The van der Waals surface area contributed by atoms with Crippen LogP contribution in [-0.4, -0.2) is 35.0 Å². The van der Waals surface area contributed by atoms with Gasteiger partial charge in [0.05, 0.1) is 11.8 Å². The Labute approximate surface area is 116 Å². The second-order valence-electron chi connectivity index (χ2n) is 6.56. The molecule has 110 valence electrons. The molecule has 19 heavy (non-hydrogen) atoms. The van der Waals surface area contributed by atoms with Crippen molar-refractivity contribution in [3.8, 4) is 0 Å². The third-order valence-electron chi connectivity index (χ3n) is 4.25. The lowest BCUT2D eigenvalue weighted by Gasteiger charge is -2.30. The summed E-state index contributed by atoms with van der Waals surface area (Å²) in [5, 5.41) is 9.25. The van der Waals surface area contributed by atoms with Crippen molar-refractivity contribution in [3.05, 3.63) is 0 Å². The van der Waals surface area contributed by atoms with Gasteiger partial charge in [0.2, 0.25) is 5.91 Å². The first kappa shape index (κ1) is 16.0. The summed E-state index contributed by atoms with van der Waals surface area (Å²) in [7, 11) is 1.80. The van der Waals surface area contributed by atoms with E-state index in [-0.39, 0.29) is 17.9 Å². The van der Waals surface area contributed by atoms with Crippen LogP contribution in [0.1, 0.15) is 47.0 Å². The van der Waals surface area contributed by atoms with E-state index < -0.39 is 11.9 Å². The Morgan fingerprint density at radius 1 is 1.21 bits per heavy atom. The summed E-state index contributed by atoms with van der Waals surface area (Å²) in [5.41, 5.74) is 0. The van der Waals surface area contributed by atoms with E-state index in [4.69, 9.17) is 0 Å². The Morgan fingerprint density at radius 2 is 1.74 bits per heavy atom. The van der Waals surface area contributed by atoms with E-state index in [0.717, 1.165) is 6.42 Å². The molecule has 0 aliphatic heterocycles. The highest BCUT2D eigenvalue weighted by atomic mass is 16.4. The van der Waals surface area contributed by atoms with E-state index in [1.807, 2.05) is 13.8 Å². The van der Waals surface area contributed by atoms with Crippen molar-refractivity contribution in [2.45, 2.75) is 53.0 Å². The molecular formula is C15H27NO3. The van der Waals surface area contributed by atoms with Crippen LogP contribution >= 0.6 is 0 Å². The lowest BCUT2D eigenvalue weighted by atomic mass is 9.93. The number of aliphatic carboxylic acids is 1. The molecule has 1 aliphatic rings. The van der Waals surface area contributed by atoms with Gasteiger partial charge in [0, 0.05) is 13.1 Å². The highest BCUT2D eigenvalue weighted by Crippen LogP contribution is 2.37. The van der Waals surface area contributed by atoms with Crippen molar-refractivity contribution in [3.63, 3.8) is 0 Å². The van der Waals surface area contributed by atoms with Gasteiger partial charge in [-0.2, -0.15) is 0 Å². The molecule has 0 saturated heterocycles. The molecule has 0 bridgehead atoms. The van der Waals surface area contributed by atoms with E-state index in [1.54, 1.807) is 11.9 Å². The van der Waals surface area contributed by atoms with Gasteiger partial charge in [-0.25, -0.2) is 0 Å². The topological polar surface area (TPSA) is 57.6 Å². The predicted octanol–water partition coefficient (Wildman–Crippen LogP) is 2.63. The lowest BCUT2D eigenvalue weighted by Crippen LogP contribution is -2.42. The Hall–Kier alpha value is -1.06. The minimum atomic E-state index is -0.826. The lowest BCUT2D eigenvalue weighted by molar-refractivity contribution is -0.149. The molecule has 0 spiro atoms. The fraction of sp³-hybridized carbons (Fsp3) is 0.867. The summed E-state index contributed by atoms with van der Waals surface area (Å²) in [5.74, 6) is -0.812. The van der Waals surface area contributed by atoms with Crippen LogP contribution in [0.15, 0.2) is 0 Å². The second kappa shape index (κ2) is 6.40. The van der Waals surface area contributed by atoms with Crippen LogP contribution in [0.5, 0.6) is 0 Å². The molecule has 4 heteroatoms. The molecule has 1 fully saturated rings. The maximum atomic E-state index is 12.5. The molecule has 0 heterocycles. The smallest absolute Gasteiger partial charge is 0.307 e. The Balaban J connectivity index is 2.72. The molecule has 1 aliphatic carbocycles. The molecule has 2 unspecified atom stereocenters. The van der Waals surface area contributed by atoms with Gasteiger partial charge < -0.3 is 10.0 Å². The molecule has 0 radical (unpaired) electrons. The molecule has 4 nitrogen and oxygen atoms in total. The van der Waals surface area contributed by atoms with Crippen LogP contribution in [0.4, 0.5) is 0 Å². The number of carbonyl (C=O) groups excluding carboxylic acids is 1. The molecule has 1 amide bonds. The number of carbonyl (C=O) groups is 2. The van der Waals surface area contributed by atoms with E-state index in [1.165, 1.54) is 0 Å². The van der Waals surface area contributed by atoms with Gasteiger partial charge in [0.25, 0.3) is 0 Å². The van der Waals surface area contributed by atoms with Crippen LogP contribution in [0.25, 0.3) is 0 Å². The van der Waals surface area contributed by atoms with Crippen molar-refractivity contribution >= 4 is 11.9 Å². The van der Waals surface area contributed by atoms with E-state index in [9.17, 15) is 14.7 Å². The Bertz CT molecular complexity index is 340. The van der Waals surface area contributed by atoms with Crippen LogP contribution in [0.3, 0.4) is 0 Å². The highest BCUT2D eigenvalue weighted by molar-refractivity contribution is 5.85. The van der Waals surface area contributed by atoms with Gasteiger partial charge in [0.1, 0.15) is 0 Å². The van der Waals surface area contributed by atoms with Crippen molar-refractivity contribution in [2.24, 2.45) is 23.7 Å². The van der Waals surface area contributed by atoms with E-state index in [2.05, 4.69) is 13.8 Å². The van der Waals surface area contributed by atoms with Gasteiger partial charge in [-0.3, -0.25) is 9.59 Å². The zero-order chi connectivity index (χ0) is 14.7. The maximum Gasteiger partial charge on any atom is 0.307 e. The van der Waals surface area contributed by atoms with Crippen LogP contribution in [-0.2, 0) is 9.59 Å². The third-order valence-corrected chi connectivity index (χ3v) is 4.25. The van der Waals surface area contributed by atoms with Crippen molar-refractivity contribution in [1.82, 2.24) is 4.90 Å². The minimum Gasteiger partial charge on any atom is -0.481 e. The van der Waals surface area contributed by atoms with E-state index >= 15 is 0 Å². The van der Waals surface area contributed by atoms with Crippen molar-refractivity contribution < 1.29 is 14.7 Å². The van der Waals surface area contributed by atoms with Gasteiger partial charge in [-0.1, -0.05) is 20.8 Å². The number of carboxylic acids is 1. The normalized spacial score (nSPS) is 28.4. The zero-order valence-corrected chi connectivity index (χ0v) is 12.7. The molecule has 4 atom stereocenters. The fourth-order valence-electron chi connectivity index (χ4n) is 3.16. The first-order chi connectivity index (χ1) is 8.73. The zero-order valence-electron chi connectivity index (χ0n) is 12.7. The number of nitrogens with zero attached hydrogens (tertiary/aromatic N) is 1. The molecule has 0 aromatic rings. The largest absolute Gasteiger partial charge is 0.481 e. The SMILES string of the molecule is CC(C)CC(C)N(C)C(=O)[C@H]1CC(C)C[C@H]1C(=O)O. The second-order valence-corrected chi connectivity index (χ2v) is 6.56. The minimum absolute atomic E-state index is 0.00454. The van der Waals surface area contributed by atoms with E-state index in [0.29, 0.717) is 24.7 Å². The average molecular weight is 269 g/mol. The fourth-order valence-corrected chi connectivity index (χ4v) is 3.16. The summed E-state index contributed by atoms with van der Waals surface area (Å²) in [6, 6.07) is 0.165. The predicted molar refractivity (Wildman–Crippen MR) is 74.7 cm³/mol. The summed E-state index contributed by atoms with van der Waals surface area (Å²) in [6.07, 6.45) is 2.27. The number of rotatable bonds is 5. The number of carboxylic acid groups (broad SMARTS) is 1. The summed E-state index contributed by atoms with van der Waals surface area (Å²) in [4.78, 5) is 25.5.